The van der Waals surface area contributed by atoms with E-state index in [0.717, 1.165) is 23.7 Å². The number of nitrogens with one attached hydrogen (secondary N) is 1. The van der Waals surface area contributed by atoms with Crippen LogP contribution in [-0.2, 0) is 0 Å². The van der Waals surface area contributed by atoms with Crippen LogP contribution in [0.3, 0.4) is 0 Å². The summed E-state index contributed by atoms with van der Waals surface area (Å²) in [4.78, 5) is 11.8. The molecule has 1 saturated heterocycles. The second-order valence-electron chi connectivity index (χ2n) is 4.42. The number of hydrogen-bond donors (Lipinski definition) is 1. The molecule has 4 nitrogen and oxygen atoms in total. The van der Waals surface area contributed by atoms with Crippen molar-refractivity contribution in [2.75, 3.05) is 32.2 Å². The van der Waals surface area contributed by atoms with Gasteiger partial charge < -0.3 is 14.8 Å². The van der Waals surface area contributed by atoms with E-state index in [9.17, 15) is 4.79 Å². The summed E-state index contributed by atoms with van der Waals surface area (Å²) in [6.07, 6.45) is 1.31. The van der Waals surface area contributed by atoms with Gasteiger partial charge in [0, 0.05) is 11.3 Å². The number of methoxy groups -OCH3 is 1. The zero-order valence-electron chi connectivity index (χ0n) is 11.3. The van der Waals surface area contributed by atoms with E-state index in [1.165, 1.54) is 0 Å². The number of rotatable bonds is 6. The molecule has 1 aromatic carbocycles. The Morgan fingerprint density at radius 3 is 2.95 bits per heavy atom. The number of ether oxygens (including phenoxy) is 2. The summed E-state index contributed by atoms with van der Waals surface area (Å²) in [5, 5.41) is 2.85. The molecule has 104 valence electrons. The molecular weight excluding hydrogens is 262 g/mol. The van der Waals surface area contributed by atoms with Gasteiger partial charge in [0.1, 0.15) is 6.10 Å². The Morgan fingerprint density at radius 2 is 2.32 bits per heavy atom. The minimum absolute atomic E-state index is 0.0452. The Balaban J connectivity index is 2.13. The Bertz CT molecular complexity index is 444. The molecule has 0 radical (unpaired) electrons. The molecule has 0 saturated carbocycles. The topological polar surface area (TPSA) is 47.6 Å². The standard InChI is InChI=1S/C14H19NO3S/c1-15-8-12(16)10-3-4-13(14(7-10)17-2)18-11-5-6-19-9-11/h3-4,7,11,15H,5-6,8-9H2,1-2H3. The molecule has 1 unspecified atom stereocenters. The zero-order valence-corrected chi connectivity index (χ0v) is 12.1. The van der Waals surface area contributed by atoms with Gasteiger partial charge in [-0.3, -0.25) is 4.79 Å². The van der Waals surface area contributed by atoms with Gasteiger partial charge in [0.2, 0.25) is 0 Å². The Labute approximate surface area is 117 Å². The van der Waals surface area contributed by atoms with Crippen LogP contribution in [0.1, 0.15) is 16.8 Å². The third-order valence-corrected chi connectivity index (χ3v) is 4.14. The van der Waals surface area contributed by atoms with Gasteiger partial charge in [-0.15, -0.1) is 0 Å². The SMILES string of the molecule is CNCC(=O)c1ccc(OC2CCSC2)c(OC)c1. The van der Waals surface area contributed by atoms with Crippen molar-refractivity contribution >= 4 is 17.5 Å². The van der Waals surface area contributed by atoms with Gasteiger partial charge in [0.05, 0.1) is 13.7 Å². The summed E-state index contributed by atoms with van der Waals surface area (Å²) in [6.45, 7) is 0.322. The average Bonchev–Trinajstić information content (AvgIpc) is 2.92. The van der Waals surface area contributed by atoms with Gasteiger partial charge in [0.15, 0.2) is 17.3 Å². The zero-order chi connectivity index (χ0) is 13.7. The van der Waals surface area contributed by atoms with Gasteiger partial charge in [0.25, 0.3) is 0 Å². The van der Waals surface area contributed by atoms with Crippen molar-refractivity contribution < 1.29 is 14.3 Å². The fourth-order valence-corrected chi connectivity index (χ4v) is 3.08. The Kier molecular flexibility index (Phi) is 5.10. The van der Waals surface area contributed by atoms with E-state index in [1.54, 1.807) is 26.3 Å². The molecule has 0 spiro atoms. The van der Waals surface area contributed by atoms with Gasteiger partial charge in [-0.25, -0.2) is 0 Å². The van der Waals surface area contributed by atoms with Crippen molar-refractivity contribution in [2.24, 2.45) is 0 Å². The molecule has 1 heterocycles. The van der Waals surface area contributed by atoms with Gasteiger partial charge in [-0.05, 0) is 37.4 Å². The molecule has 0 aliphatic carbocycles. The van der Waals surface area contributed by atoms with Crippen LogP contribution in [0.4, 0.5) is 0 Å². The molecule has 19 heavy (non-hydrogen) atoms. The molecule has 0 amide bonds. The van der Waals surface area contributed by atoms with Crippen LogP contribution >= 0.6 is 11.8 Å². The van der Waals surface area contributed by atoms with Crippen LogP contribution in [0.15, 0.2) is 18.2 Å². The van der Waals surface area contributed by atoms with Crippen molar-refractivity contribution in [2.45, 2.75) is 12.5 Å². The Morgan fingerprint density at radius 1 is 1.47 bits per heavy atom. The maximum Gasteiger partial charge on any atom is 0.176 e. The van der Waals surface area contributed by atoms with Gasteiger partial charge >= 0.3 is 0 Å². The highest BCUT2D eigenvalue weighted by atomic mass is 32.2. The van der Waals surface area contributed by atoms with Crippen molar-refractivity contribution in [1.29, 1.82) is 0 Å². The molecular formula is C14H19NO3S. The first-order valence-electron chi connectivity index (χ1n) is 6.35. The normalized spacial score (nSPS) is 18.3. The molecule has 1 aliphatic rings. The lowest BCUT2D eigenvalue weighted by atomic mass is 10.1. The minimum Gasteiger partial charge on any atom is -0.493 e. The van der Waals surface area contributed by atoms with Crippen molar-refractivity contribution in [3.05, 3.63) is 23.8 Å². The number of carbonyl (C=O) groups is 1. The number of hydrogen-bond acceptors (Lipinski definition) is 5. The van der Waals surface area contributed by atoms with Crippen LogP contribution in [0.5, 0.6) is 11.5 Å². The highest BCUT2D eigenvalue weighted by Crippen LogP contribution is 2.31. The predicted molar refractivity (Wildman–Crippen MR) is 77.6 cm³/mol. The molecule has 2 rings (SSSR count). The van der Waals surface area contributed by atoms with Crippen LogP contribution < -0.4 is 14.8 Å². The lowest BCUT2D eigenvalue weighted by molar-refractivity contribution is 0.0993. The average molecular weight is 281 g/mol. The van der Waals surface area contributed by atoms with E-state index in [4.69, 9.17) is 9.47 Å². The highest BCUT2D eigenvalue weighted by molar-refractivity contribution is 7.99. The minimum atomic E-state index is 0.0452. The molecule has 1 aromatic rings. The van der Waals surface area contributed by atoms with Crippen LogP contribution in [0.25, 0.3) is 0 Å². The summed E-state index contributed by atoms with van der Waals surface area (Å²) in [5.41, 5.74) is 0.638. The fraction of sp³-hybridized carbons (Fsp3) is 0.500. The van der Waals surface area contributed by atoms with E-state index in [1.807, 2.05) is 17.8 Å². The largest absolute Gasteiger partial charge is 0.493 e. The quantitative estimate of drug-likeness (QED) is 0.808. The molecule has 1 N–H and O–H groups in total. The summed E-state index contributed by atoms with van der Waals surface area (Å²) in [6, 6.07) is 5.36. The molecule has 0 aromatic heterocycles. The smallest absolute Gasteiger partial charge is 0.176 e. The second kappa shape index (κ2) is 6.82. The number of carbonyl (C=O) groups excluding carboxylic acids is 1. The van der Waals surface area contributed by atoms with Crippen molar-refractivity contribution in [3.8, 4) is 11.5 Å². The van der Waals surface area contributed by atoms with E-state index in [-0.39, 0.29) is 11.9 Å². The van der Waals surface area contributed by atoms with E-state index >= 15 is 0 Å². The monoisotopic (exact) mass is 281 g/mol. The van der Waals surface area contributed by atoms with Gasteiger partial charge in [-0.2, -0.15) is 11.8 Å². The van der Waals surface area contributed by atoms with E-state index < -0.39 is 0 Å². The van der Waals surface area contributed by atoms with Crippen LogP contribution in [0.2, 0.25) is 0 Å². The summed E-state index contributed by atoms with van der Waals surface area (Å²) >= 11 is 1.90. The third kappa shape index (κ3) is 3.64. The van der Waals surface area contributed by atoms with Gasteiger partial charge in [-0.1, -0.05) is 0 Å². The molecule has 1 fully saturated rings. The predicted octanol–water partition coefficient (Wildman–Crippen LogP) is 1.98. The molecule has 1 atom stereocenters. The summed E-state index contributed by atoms with van der Waals surface area (Å²) < 4.78 is 11.2. The summed E-state index contributed by atoms with van der Waals surface area (Å²) in [7, 11) is 3.35. The molecule has 0 bridgehead atoms. The van der Waals surface area contributed by atoms with Crippen LogP contribution in [-0.4, -0.2) is 44.1 Å². The van der Waals surface area contributed by atoms with Crippen molar-refractivity contribution in [3.63, 3.8) is 0 Å². The Hall–Kier alpha value is -1.20. The molecule has 1 aliphatic heterocycles. The second-order valence-corrected chi connectivity index (χ2v) is 5.57. The van der Waals surface area contributed by atoms with E-state index in [2.05, 4.69) is 5.32 Å². The van der Waals surface area contributed by atoms with Crippen molar-refractivity contribution in [1.82, 2.24) is 5.32 Å². The first-order valence-corrected chi connectivity index (χ1v) is 7.50. The summed E-state index contributed by atoms with van der Waals surface area (Å²) in [5.74, 6) is 3.55. The fourth-order valence-electron chi connectivity index (χ4n) is 1.99. The first kappa shape index (κ1) is 14.2. The number of benzene rings is 1. The maximum atomic E-state index is 11.8. The number of Topliss-reactive ketones (excluding diaryl/α,β-unsaturated/α-hetero) is 1. The first-order chi connectivity index (χ1) is 9.24. The van der Waals surface area contributed by atoms with E-state index in [0.29, 0.717) is 17.9 Å². The molecule has 5 heteroatoms. The van der Waals surface area contributed by atoms with Crippen LogP contribution in [0, 0.1) is 0 Å². The number of ketones is 1. The maximum absolute atomic E-state index is 11.8. The lowest BCUT2D eigenvalue weighted by Crippen LogP contribution is -2.19. The highest BCUT2D eigenvalue weighted by Gasteiger charge is 2.19. The lowest BCUT2D eigenvalue weighted by Gasteiger charge is -2.16. The number of thioether (sulfide) groups is 1. The third-order valence-electron chi connectivity index (χ3n) is 3.00. The number of likely N-dealkylation sites (N-methyl/N-ethyl adjacent to an activating group) is 1.